The summed E-state index contributed by atoms with van der Waals surface area (Å²) in [5, 5.41) is 0. The molecule has 0 saturated heterocycles. The van der Waals surface area contributed by atoms with Crippen molar-refractivity contribution in [3.05, 3.63) is 35.6 Å². The minimum atomic E-state index is -4.47. The quantitative estimate of drug-likeness (QED) is 0.604. The molecule has 7 heteroatoms. The van der Waals surface area contributed by atoms with Gasteiger partial charge in [0.05, 0.1) is 6.42 Å². The van der Waals surface area contributed by atoms with Crippen molar-refractivity contribution in [2.75, 3.05) is 19.0 Å². The van der Waals surface area contributed by atoms with Crippen LogP contribution in [0.2, 0.25) is 0 Å². The molecule has 0 aliphatic heterocycles. The predicted molar refractivity (Wildman–Crippen MR) is 63.5 cm³/mol. The minimum absolute atomic E-state index is 0.0781. The summed E-state index contributed by atoms with van der Waals surface area (Å²) in [6.07, 6.45) is -4.68. The van der Waals surface area contributed by atoms with Crippen LogP contribution in [0, 0.1) is 5.82 Å². The van der Waals surface area contributed by atoms with E-state index in [-0.39, 0.29) is 18.8 Å². The van der Waals surface area contributed by atoms with E-state index in [9.17, 15) is 22.4 Å². The van der Waals surface area contributed by atoms with E-state index in [1.807, 2.05) is 0 Å². The molecule has 1 aromatic rings. The van der Waals surface area contributed by atoms with Gasteiger partial charge in [0.15, 0.2) is 0 Å². The van der Waals surface area contributed by atoms with E-state index in [1.165, 1.54) is 12.1 Å². The monoisotopic (exact) mass is 297 g/mol. The maximum absolute atomic E-state index is 12.7. The summed E-state index contributed by atoms with van der Waals surface area (Å²) in [5.41, 5.74) is 0.452. The molecule has 0 spiro atoms. The zero-order valence-corrected chi connectivity index (χ0v) is 10.6. The second-order valence-electron chi connectivity index (χ2n) is 3.92. The molecule has 0 aliphatic carbocycles. The fourth-order valence-electron chi connectivity index (χ4n) is 1.50. The molecule has 0 heterocycles. The number of halogens is 5. The predicted octanol–water partition coefficient (Wildman–Crippen LogP) is 3.00. The van der Waals surface area contributed by atoms with Crippen molar-refractivity contribution in [2.24, 2.45) is 0 Å². The number of carbonyl (C=O) groups is 1. The van der Waals surface area contributed by atoms with Gasteiger partial charge in [0.1, 0.15) is 12.4 Å². The number of amides is 1. The molecule has 0 aromatic heterocycles. The summed E-state index contributed by atoms with van der Waals surface area (Å²) in [4.78, 5) is 12.4. The molecule has 0 N–H and O–H groups in total. The van der Waals surface area contributed by atoms with Crippen LogP contribution in [0.5, 0.6) is 0 Å². The molecule has 19 heavy (non-hydrogen) atoms. The number of benzene rings is 1. The average Bonchev–Trinajstić information content (AvgIpc) is 2.30. The molecular formula is C12H12ClF4NO. The van der Waals surface area contributed by atoms with E-state index in [1.54, 1.807) is 0 Å². The summed E-state index contributed by atoms with van der Waals surface area (Å²) in [7, 11) is 0. The summed E-state index contributed by atoms with van der Waals surface area (Å²) >= 11 is 5.38. The Morgan fingerprint density at radius 1 is 1.21 bits per heavy atom. The first-order chi connectivity index (χ1) is 8.81. The van der Waals surface area contributed by atoms with Crippen LogP contribution in [0.3, 0.4) is 0 Å². The standard InChI is InChI=1S/C12H12ClF4NO/c13-5-6-18(8-12(15,16)17)11(19)7-9-1-3-10(14)4-2-9/h1-4H,5-8H2. The van der Waals surface area contributed by atoms with Crippen LogP contribution < -0.4 is 0 Å². The fraction of sp³-hybridized carbons (Fsp3) is 0.417. The Hall–Kier alpha value is -1.30. The highest BCUT2D eigenvalue weighted by Crippen LogP contribution is 2.17. The molecule has 2 nitrogen and oxygen atoms in total. The zero-order chi connectivity index (χ0) is 14.5. The minimum Gasteiger partial charge on any atom is -0.332 e. The van der Waals surface area contributed by atoms with Crippen LogP contribution in [0.15, 0.2) is 24.3 Å². The van der Waals surface area contributed by atoms with Gasteiger partial charge in [-0.05, 0) is 17.7 Å². The molecular weight excluding hydrogens is 286 g/mol. The van der Waals surface area contributed by atoms with Crippen molar-refractivity contribution in [3.63, 3.8) is 0 Å². The number of carbonyl (C=O) groups excluding carboxylic acids is 1. The molecule has 1 amide bonds. The molecule has 0 fully saturated rings. The van der Waals surface area contributed by atoms with Crippen LogP contribution in [0.25, 0.3) is 0 Å². The number of rotatable bonds is 5. The van der Waals surface area contributed by atoms with Crippen molar-refractivity contribution >= 4 is 17.5 Å². The summed E-state index contributed by atoms with van der Waals surface area (Å²) in [5.74, 6) is -1.24. The summed E-state index contributed by atoms with van der Waals surface area (Å²) in [6.45, 7) is -1.51. The first-order valence-electron chi connectivity index (χ1n) is 5.47. The first kappa shape index (κ1) is 15.8. The molecule has 1 rings (SSSR count). The van der Waals surface area contributed by atoms with Crippen molar-refractivity contribution in [2.45, 2.75) is 12.6 Å². The lowest BCUT2D eigenvalue weighted by molar-refractivity contribution is -0.160. The van der Waals surface area contributed by atoms with Crippen LogP contribution >= 0.6 is 11.6 Å². The van der Waals surface area contributed by atoms with Crippen molar-refractivity contribution < 1.29 is 22.4 Å². The van der Waals surface area contributed by atoms with Crippen molar-refractivity contribution in [1.29, 1.82) is 0 Å². The van der Waals surface area contributed by atoms with E-state index in [0.717, 1.165) is 12.1 Å². The first-order valence-corrected chi connectivity index (χ1v) is 6.00. The SMILES string of the molecule is O=C(Cc1ccc(F)cc1)N(CCCl)CC(F)(F)F. The lowest BCUT2D eigenvalue weighted by Gasteiger charge is -2.23. The number of hydrogen-bond donors (Lipinski definition) is 0. The topological polar surface area (TPSA) is 20.3 Å². The second kappa shape index (κ2) is 6.75. The highest BCUT2D eigenvalue weighted by atomic mass is 35.5. The van der Waals surface area contributed by atoms with E-state index < -0.39 is 24.4 Å². The van der Waals surface area contributed by atoms with Gasteiger partial charge in [-0.25, -0.2) is 4.39 Å². The Bertz CT molecular complexity index is 419. The second-order valence-corrected chi connectivity index (χ2v) is 4.30. The summed E-state index contributed by atoms with van der Waals surface area (Å²) < 4.78 is 49.5. The number of alkyl halides is 4. The molecule has 0 atom stereocenters. The normalized spacial score (nSPS) is 11.4. The van der Waals surface area contributed by atoms with Gasteiger partial charge in [0.2, 0.25) is 5.91 Å². The van der Waals surface area contributed by atoms with Crippen molar-refractivity contribution in [3.8, 4) is 0 Å². The molecule has 0 radical (unpaired) electrons. The molecule has 0 aliphatic rings. The average molecular weight is 298 g/mol. The third-order valence-electron chi connectivity index (χ3n) is 2.35. The Morgan fingerprint density at radius 3 is 2.26 bits per heavy atom. The Balaban J connectivity index is 2.68. The number of hydrogen-bond acceptors (Lipinski definition) is 1. The van der Waals surface area contributed by atoms with Crippen LogP contribution in [-0.4, -0.2) is 36.0 Å². The van der Waals surface area contributed by atoms with Crippen LogP contribution in [-0.2, 0) is 11.2 Å². The van der Waals surface area contributed by atoms with Crippen molar-refractivity contribution in [1.82, 2.24) is 4.90 Å². The van der Waals surface area contributed by atoms with Crippen LogP contribution in [0.4, 0.5) is 17.6 Å². The molecule has 0 unspecified atom stereocenters. The van der Waals surface area contributed by atoms with Gasteiger partial charge in [-0.15, -0.1) is 11.6 Å². The largest absolute Gasteiger partial charge is 0.406 e. The Labute approximate surface area is 113 Å². The third-order valence-corrected chi connectivity index (χ3v) is 2.51. The van der Waals surface area contributed by atoms with E-state index in [2.05, 4.69) is 0 Å². The van der Waals surface area contributed by atoms with Gasteiger partial charge in [-0.1, -0.05) is 12.1 Å². The van der Waals surface area contributed by atoms with E-state index in [0.29, 0.717) is 10.5 Å². The summed E-state index contributed by atoms with van der Waals surface area (Å²) in [6, 6.07) is 5.02. The number of nitrogens with zero attached hydrogens (tertiary/aromatic N) is 1. The third kappa shape index (κ3) is 5.92. The molecule has 1 aromatic carbocycles. The van der Waals surface area contributed by atoms with Gasteiger partial charge >= 0.3 is 6.18 Å². The zero-order valence-electron chi connectivity index (χ0n) is 9.88. The van der Waals surface area contributed by atoms with Gasteiger partial charge in [0, 0.05) is 12.4 Å². The van der Waals surface area contributed by atoms with E-state index >= 15 is 0 Å². The molecule has 106 valence electrons. The fourth-order valence-corrected chi connectivity index (χ4v) is 1.70. The highest BCUT2D eigenvalue weighted by Gasteiger charge is 2.32. The maximum Gasteiger partial charge on any atom is 0.406 e. The molecule has 0 bridgehead atoms. The Kier molecular flexibility index (Phi) is 5.60. The van der Waals surface area contributed by atoms with Gasteiger partial charge < -0.3 is 4.90 Å². The van der Waals surface area contributed by atoms with Gasteiger partial charge in [-0.2, -0.15) is 13.2 Å². The van der Waals surface area contributed by atoms with Gasteiger partial charge in [0.25, 0.3) is 0 Å². The van der Waals surface area contributed by atoms with Crippen LogP contribution in [0.1, 0.15) is 5.56 Å². The van der Waals surface area contributed by atoms with Gasteiger partial charge in [-0.3, -0.25) is 4.79 Å². The lowest BCUT2D eigenvalue weighted by Crippen LogP contribution is -2.40. The smallest absolute Gasteiger partial charge is 0.332 e. The molecule has 0 saturated carbocycles. The highest BCUT2D eigenvalue weighted by molar-refractivity contribution is 6.18. The Morgan fingerprint density at radius 2 is 1.79 bits per heavy atom. The van der Waals surface area contributed by atoms with E-state index in [4.69, 9.17) is 11.6 Å². The maximum atomic E-state index is 12.7. The lowest BCUT2D eigenvalue weighted by atomic mass is 10.1.